The first-order chi connectivity index (χ1) is 13.0. The van der Waals surface area contributed by atoms with Gasteiger partial charge in [-0.25, -0.2) is 0 Å². The second-order valence-electron chi connectivity index (χ2n) is 8.09. The molecule has 2 saturated carbocycles. The summed E-state index contributed by atoms with van der Waals surface area (Å²) in [6.45, 7) is 1.63. The minimum absolute atomic E-state index is 0.170. The Morgan fingerprint density at radius 1 is 1.07 bits per heavy atom. The Labute approximate surface area is 157 Å². The van der Waals surface area contributed by atoms with Crippen LogP contribution in [0.2, 0.25) is 0 Å². The van der Waals surface area contributed by atoms with Crippen LogP contribution in [0.25, 0.3) is 0 Å². The number of likely N-dealkylation sites (tertiary alicyclic amines) is 1. The Morgan fingerprint density at radius 3 is 2.15 bits per heavy atom. The van der Waals surface area contributed by atoms with E-state index in [1.807, 2.05) is 0 Å². The van der Waals surface area contributed by atoms with Gasteiger partial charge in [0.15, 0.2) is 0 Å². The number of carbonyl (C=O) groups excluding carboxylic acids is 3. The molecular weight excluding hydrogens is 344 g/mol. The van der Waals surface area contributed by atoms with Crippen molar-refractivity contribution in [3.05, 3.63) is 36.4 Å². The number of rotatable bonds is 4. The van der Waals surface area contributed by atoms with Crippen LogP contribution in [0.4, 0.5) is 5.69 Å². The van der Waals surface area contributed by atoms with Crippen molar-refractivity contribution < 1.29 is 19.1 Å². The van der Waals surface area contributed by atoms with Crippen molar-refractivity contribution in [3.63, 3.8) is 0 Å². The third-order valence-corrected chi connectivity index (χ3v) is 6.82. The first-order valence-corrected chi connectivity index (χ1v) is 9.51. The quantitative estimate of drug-likeness (QED) is 0.654. The van der Waals surface area contributed by atoms with Crippen molar-refractivity contribution in [2.45, 2.75) is 19.4 Å². The van der Waals surface area contributed by atoms with Gasteiger partial charge in [0.1, 0.15) is 11.8 Å². The molecule has 7 unspecified atom stereocenters. The first-order valence-electron chi connectivity index (χ1n) is 9.51. The summed E-state index contributed by atoms with van der Waals surface area (Å²) >= 11 is 0. The lowest BCUT2D eigenvalue weighted by atomic mass is 9.63. The molecule has 2 bridgehead atoms. The van der Waals surface area contributed by atoms with Gasteiger partial charge in [0, 0.05) is 5.69 Å². The van der Waals surface area contributed by atoms with E-state index in [0.29, 0.717) is 23.3 Å². The van der Waals surface area contributed by atoms with Crippen LogP contribution in [0.3, 0.4) is 0 Å². The average molecular weight is 366 g/mol. The summed E-state index contributed by atoms with van der Waals surface area (Å²) in [5.74, 6) is 0.899. The lowest BCUT2D eigenvalue weighted by molar-refractivity contribution is -0.146. The molecule has 1 aromatic carbocycles. The summed E-state index contributed by atoms with van der Waals surface area (Å²) in [7, 11) is 1.58. The molecule has 6 nitrogen and oxygen atoms in total. The van der Waals surface area contributed by atoms with Crippen LogP contribution >= 0.6 is 0 Å². The predicted octanol–water partition coefficient (Wildman–Crippen LogP) is 2.08. The number of hydrogen-bond donors (Lipinski definition) is 1. The molecule has 4 aliphatic carbocycles. The van der Waals surface area contributed by atoms with Crippen molar-refractivity contribution in [1.82, 2.24) is 4.90 Å². The van der Waals surface area contributed by atoms with Crippen LogP contribution < -0.4 is 10.1 Å². The van der Waals surface area contributed by atoms with E-state index in [2.05, 4.69) is 17.5 Å². The van der Waals surface area contributed by atoms with Crippen LogP contribution in [0.5, 0.6) is 5.75 Å². The van der Waals surface area contributed by atoms with E-state index < -0.39 is 6.04 Å². The van der Waals surface area contributed by atoms with Gasteiger partial charge in [0.25, 0.3) is 0 Å². The maximum Gasteiger partial charge on any atom is 0.247 e. The van der Waals surface area contributed by atoms with Gasteiger partial charge >= 0.3 is 0 Å². The van der Waals surface area contributed by atoms with Gasteiger partial charge < -0.3 is 10.1 Å². The fourth-order valence-electron chi connectivity index (χ4n) is 5.40. The number of methoxy groups -OCH3 is 1. The zero-order chi connectivity index (χ0) is 18.9. The standard InChI is InChI=1S/C21H22N2O4/c1-10(19(24)22-11-3-5-12(27-2)6-4-11)23-20(25)17-13-7-8-14(16-9-15(13)16)18(17)21(23)26/h3-8,10,13-18H,9H2,1-2H3,(H,22,24). The van der Waals surface area contributed by atoms with Gasteiger partial charge in [-0.05, 0) is 61.3 Å². The maximum absolute atomic E-state index is 13.1. The molecule has 1 aliphatic heterocycles. The highest BCUT2D eigenvalue weighted by molar-refractivity contribution is 6.10. The number of allylic oxidation sites excluding steroid dienone is 2. The second-order valence-corrected chi connectivity index (χ2v) is 8.09. The number of carbonyl (C=O) groups is 3. The smallest absolute Gasteiger partial charge is 0.247 e. The topological polar surface area (TPSA) is 75.7 Å². The van der Waals surface area contributed by atoms with E-state index >= 15 is 0 Å². The fraction of sp³-hybridized carbons (Fsp3) is 0.476. The molecule has 27 heavy (non-hydrogen) atoms. The minimum Gasteiger partial charge on any atom is -0.497 e. The van der Waals surface area contributed by atoms with Gasteiger partial charge in [-0.15, -0.1) is 0 Å². The van der Waals surface area contributed by atoms with E-state index in [4.69, 9.17) is 4.74 Å². The Hall–Kier alpha value is -2.63. The summed E-state index contributed by atoms with van der Waals surface area (Å²) in [5.41, 5.74) is 0.604. The zero-order valence-electron chi connectivity index (χ0n) is 15.3. The molecule has 0 aromatic heterocycles. The van der Waals surface area contributed by atoms with Crippen molar-refractivity contribution >= 4 is 23.4 Å². The maximum atomic E-state index is 13.1. The largest absolute Gasteiger partial charge is 0.497 e. The number of anilines is 1. The molecule has 1 heterocycles. The number of amides is 3. The molecule has 3 fully saturated rings. The monoisotopic (exact) mass is 366 g/mol. The van der Waals surface area contributed by atoms with E-state index in [1.54, 1.807) is 38.3 Å². The molecule has 1 aromatic rings. The van der Waals surface area contributed by atoms with Gasteiger partial charge in [-0.3, -0.25) is 19.3 Å². The molecular formula is C21H22N2O4. The average Bonchev–Trinajstić information content (AvgIpc) is 3.46. The Kier molecular flexibility index (Phi) is 3.48. The van der Waals surface area contributed by atoms with Gasteiger partial charge in [0.05, 0.1) is 18.9 Å². The van der Waals surface area contributed by atoms with Crippen LogP contribution in [0, 0.1) is 35.5 Å². The van der Waals surface area contributed by atoms with Gasteiger partial charge in [-0.2, -0.15) is 0 Å². The SMILES string of the molecule is COc1ccc(NC(=O)C(C)N2C(=O)C3C4C=CC(C5CC45)C3C2=O)cc1. The van der Waals surface area contributed by atoms with Crippen LogP contribution in [-0.4, -0.2) is 35.8 Å². The van der Waals surface area contributed by atoms with Crippen LogP contribution in [0.1, 0.15) is 13.3 Å². The normalized spacial score (nSPS) is 36.3. The number of imide groups is 1. The summed E-state index contributed by atoms with van der Waals surface area (Å²) in [4.78, 5) is 40.0. The molecule has 6 rings (SSSR count). The second kappa shape index (κ2) is 5.68. The summed E-state index contributed by atoms with van der Waals surface area (Å²) in [6.07, 6.45) is 5.40. The fourth-order valence-corrected chi connectivity index (χ4v) is 5.40. The third kappa shape index (κ3) is 2.28. The van der Waals surface area contributed by atoms with E-state index in [9.17, 15) is 14.4 Å². The highest BCUT2D eigenvalue weighted by Gasteiger charge is 2.67. The Balaban J connectivity index is 1.34. The van der Waals surface area contributed by atoms with Crippen molar-refractivity contribution in [3.8, 4) is 5.75 Å². The minimum atomic E-state index is -0.826. The predicted molar refractivity (Wildman–Crippen MR) is 97.6 cm³/mol. The summed E-state index contributed by atoms with van der Waals surface area (Å²) in [5, 5.41) is 2.79. The molecule has 1 N–H and O–H groups in total. The van der Waals surface area contributed by atoms with Crippen molar-refractivity contribution in [2.75, 3.05) is 12.4 Å². The van der Waals surface area contributed by atoms with Gasteiger partial charge in [0.2, 0.25) is 17.7 Å². The highest BCUT2D eigenvalue weighted by Crippen LogP contribution is 2.65. The third-order valence-electron chi connectivity index (χ3n) is 6.82. The van der Waals surface area contributed by atoms with Crippen molar-refractivity contribution in [2.24, 2.45) is 35.5 Å². The zero-order valence-corrected chi connectivity index (χ0v) is 15.3. The van der Waals surface area contributed by atoms with Crippen molar-refractivity contribution in [1.29, 1.82) is 0 Å². The highest BCUT2D eigenvalue weighted by atomic mass is 16.5. The number of ether oxygens (including phenoxy) is 1. The molecule has 1 saturated heterocycles. The molecule has 140 valence electrons. The molecule has 0 radical (unpaired) electrons. The van der Waals surface area contributed by atoms with E-state index in [-0.39, 0.29) is 41.4 Å². The van der Waals surface area contributed by atoms with Gasteiger partial charge in [-0.1, -0.05) is 12.2 Å². The van der Waals surface area contributed by atoms with Crippen LogP contribution in [0.15, 0.2) is 36.4 Å². The number of nitrogens with zero attached hydrogens (tertiary/aromatic N) is 1. The summed E-state index contributed by atoms with van der Waals surface area (Å²) < 4.78 is 5.11. The van der Waals surface area contributed by atoms with Crippen LogP contribution in [-0.2, 0) is 14.4 Å². The molecule has 7 atom stereocenters. The number of benzene rings is 1. The molecule has 6 heteroatoms. The lowest BCUT2D eigenvalue weighted by Gasteiger charge is -2.37. The Bertz CT molecular complexity index is 825. The molecule has 5 aliphatic rings. The number of nitrogens with one attached hydrogen (secondary N) is 1. The first kappa shape index (κ1) is 16.5. The lowest BCUT2D eigenvalue weighted by Crippen LogP contribution is -2.46. The molecule has 3 amide bonds. The summed E-state index contributed by atoms with van der Waals surface area (Å²) in [6, 6.07) is 6.13. The van der Waals surface area contributed by atoms with E-state index in [0.717, 1.165) is 6.42 Å². The number of hydrogen-bond acceptors (Lipinski definition) is 4. The molecule has 0 spiro atoms. The Morgan fingerprint density at radius 2 is 1.63 bits per heavy atom. The van der Waals surface area contributed by atoms with E-state index in [1.165, 1.54) is 4.90 Å².